The number of alkyl carbamates (subject to hydrolysis) is 1. The van der Waals surface area contributed by atoms with Gasteiger partial charge in [0.2, 0.25) is 10.0 Å². The van der Waals surface area contributed by atoms with E-state index < -0.39 is 67.5 Å². The predicted octanol–water partition coefficient (Wildman–Crippen LogP) is 4.17. The van der Waals surface area contributed by atoms with Crippen molar-refractivity contribution in [1.82, 2.24) is 9.62 Å². The van der Waals surface area contributed by atoms with Crippen LogP contribution in [0.5, 0.6) is 0 Å². The maximum absolute atomic E-state index is 14.6. The molecular formula is C23H25F4N3O5S. The molecule has 0 spiro atoms. The van der Waals surface area contributed by atoms with Crippen molar-refractivity contribution in [2.75, 3.05) is 18.4 Å². The summed E-state index contributed by atoms with van der Waals surface area (Å²) in [7, 11) is -4.43. The molecule has 2 aromatic carbocycles. The van der Waals surface area contributed by atoms with Gasteiger partial charge in [-0.05, 0) is 51.8 Å². The summed E-state index contributed by atoms with van der Waals surface area (Å²) in [5.74, 6) is -6.90. The normalized spacial score (nSPS) is 16.6. The second-order valence-electron chi connectivity index (χ2n) is 9.15. The molecule has 2 aromatic rings. The summed E-state index contributed by atoms with van der Waals surface area (Å²) in [6.07, 6.45) is 0.132. The lowest BCUT2D eigenvalue weighted by atomic mass is 10.2. The Kier molecular flexibility index (Phi) is 7.94. The standard InChI is InChI=1S/C23H25F4N3O5S/c1-23(2,3)35-22(32)28-12-15-5-4-8-30(15)36(33,34)19-9-13(6-7-16(19)24)21(31)29-14-10-17(25)20(27)18(26)11-14/h6-7,9-11,15H,4-5,8,12H2,1-3H3,(H,28,32)(H,29,31). The fraction of sp³-hybridized carbons (Fsp3) is 0.391. The van der Waals surface area contributed by atoms with Gasteiger partial charge in [-0.1, -0.05) is 0 Å². The molecule has 8 nitrogen and oxygen atoms in total. The quantitative estimate of drug-likeness (QED) is 0.430. The molecule has 36 heavy (non-hydrogen) atoms. The molecule has 196 valence electrons. The molecule has 1 aliphatic heterocycles. The van der Waals surface area contributed by atoms with Gasteiger partial charge in [-0.3, -0.25) is 4.79 Å². The van der Waals surface area contributed by atoms with Crippen LogP contribution in [0.2, 0.25) is 0 Å². The van der Waals surface area contributed by atoms with Crippen LogP contribution in [-0.4, -0.2) is 49.5 Å². The number of halogens is 4. The summed E-state index contributed by atoms with van der Waals surface area (Å²) in [5, 5.41) is 4.62. The average Bonchev–Trinajstić information content (AvgIpc) is 3.24. The number of carbonyl (C=O) groups is 2. The lowest BCUT2D eigenvalue weighted by Gasteiger charge is -2.26. The van der Waals surface area contributed by atoms with Gasteiger partial charge in [-0.2, -0.15) is 4.31 Å². The van der Waals surface area contributed by atoms with Crippen LogP contribution in [-0.2, 0) is 14.8 Å². The molecule has 2 N–H and O–H groups in total. The molecular weight excluding hydrogens is 506 g/mol. The minimum atomic E-state index is -4.43. The summed E-state index contributed by atoms with van der Waals surface area (Å²) >= 11 is 0. The largest absolute Gasteiger partial charge is 0.444 e. The van der Waals surface area contributed by atoms with Crippen molar-refractivity contribution >= 4 is 27.7 Å². The first kappa shape index (κ1) is 27.4. The van der Waals surface area contributed by atoms with E-state index in [0.29, 0.717) is 25.0 Å². The van der Waals surface area contributed by atoms with E-state index in [4.69, 9.17) is 4.74 Å². The Bertz CT molecular complexity index is 1260. The van der Waals surface area contributed by atoms with E-state index in [1.807, 2.05) is 0 Å². The summed E-state index contributed by atoms with van der Waals surface area (Å²) < 4.78 is 87.3. The van der Waals surface area contributed by atoms with Crippen molar-refractivity contribution in [3.8, 4) is 0 Å². The zero-order chi connectivity index (χ0) is 26.8. The number of carbonyl (C=O) groups excluding carboxylic acids is 2. The third-order valence-electron chi connectivity index (χ3n) is 5.23. The Morgan fingerprint density at radius 2 is 1.69 bits per heavy atom. The van der Waals surface area contributed by atoms with Crippen LogP contribution in [0.15, 0.2) is 35.2 Å². The number of nitrogens with zero attached hydrogens (tertiary/aromatic N) is 1. The van der Waals surface area contributed by atoms with Gasteiger partial charge in [0.25, 0.3) is 5.91 Å². The van der Waals surface area contributed by atoms with Gasteiger partial charge in [0.15, 0.2) is 17.5 Å². The van der Waals surface area contributed by atoms with Gasteiger partial charge in [-0.25, -0.2) is 30.8 Å². The Labute approximate surface area is 205 Å². The third kappa shape index (κ3) is 6.32. The smallest absolute Gasteiger partial charge is 0.407 e. The molecule has 13 heteroatoms. The van der Waals surface area contributed by atoms with Crippen molar-refractivity contribution in [3.63, 3.8) is 0 Å². The van der Waals surface area contributed by atoms with E-state index in [0.717, 1.165) is 22.5 Å². The number of amides is 2. The highest BCUT2D eigenvalue weighted by Gasteiger charge is 2.37. The Balaban J connectivity index is 1.80. The molecule has 1 fully saturated rings. The van der Waals surface area contributed by atoms with Gasteiger partial charge >= 0.3 is 6.09 Å². The Morgan fingerprint density at radius 3 is 2.31 bits per heavy atom. The van der Waals surface area contributed by atoms with Crippen molar-refractivity contribution in [2.24, 2.45) is 0 Å². The molecule has 1 saturated heterocycles. The molecule has 2 amide bonds. The zero-order valence-corrected chi connectivity index (χ0v) is 20.5. The van der Waals surface area contributed by atoms with Gasteiger partial charge in [0.1, 0.15) is 16.3 Å². The number of ether oxygens (including phenoxy) is 1. The van der Waals surface area contributed by atoms with Crippen molar-refractivity contribution in [3.05, 3.63) is 59.2 Å². The van der Waals surface area contributed by atoms with Crippen LogP contribution in [0.4, 0.5) is 28.0 Å². The molecule has 1 heterocycles. The van der Waals surface area contributed by atoms with Gasteiger partial charge in [0, 0.05) is 42.5 Å². The lowest BCUT2D eigenvalue weighted by Crippen LogP contribution is -2.44. The predicted molar refractivity (Wildman–Crippen MR) is 122 cm³/mol. The van der Waals surface area contributed by atoms with Gasteiger partial charge in [-0.15, -0.1) is 0 Å². The fourth-order valence-corrected chi connectivity index (χ4v) is 5.43. The molecule has 0 aliphatic carbocycles. The van der Waals surface area contributed by atoms with E-state index in [1.165, 1.54) is 0 Å². The van der Waals surface area contributed by atoms with E-state index in [2.05, 4.69) is 10.6 Å². The first-order chi connectivity index (χ1) is 16.7. The van der Waals surface area contributed by atoms with Crippen molar-refractivity contribution in [1.29, 1.82) is 0 Å². The number of sulfonamides is 1. The van der Waals surface area contributed by atoms with E-state index in [9.17, 15) is 35.6 Å². The van der Waals surface area contributed by atoms with Crippen LogP contribution in [0.1, 0.15) is 44.0 Å². The highest BCUT2D eigenvalue weighted by atomic mass is 32.2. The first-order valence-electron chi connectivity index (χ1n) is 10.9. The fourth-order valence-electron chi connectivity index (χ4n) is 3.64. The molecule has 1 unspecified atom stereocenters. The van der Waals surface area contributed by atoms with Gasteiger partial charge < -0.3 is 15.4 Å². The number of hydrogen-bond acceptors (Lipinski definition) is 5. The SMILES string of the molecule is CC(C)(C)OC(=O)NCC1CCCN1S(=O)(=O)c1cc(C(=O)Nc2cc(F)c(F)c(F)c2)ccc1F. The average molecular weight is 532 g/mol. The second kappa shape index (κ2) is 10.4. The molecule has 0 bridgehead atoms. The maximum Gasteiger partial charge on any atom is 0.407 e. The number of nitrogens with one attached hydrogen (secondary N) is 2. The van der Waals surface area contributed by atoms with E-state index >= 15 is 0 Å². The van der Waals surface area contributed by atoms with Crippen molar-refractivity contribution in [2.45, 2.75) is 50.2 Å². The van der Waals surface area contributed by atoms with Crippen LogP contribution in [0, 0.1) is 23.3 Å². The molecule has 3 rings (SSSR count). The van der Waals surface area contributed by atoms with Crippen LogP contribution < -0.4 is 10.6 Å². The topological polar surface area (TPSA) is 105 Å². The number of anilines is 1. The zero-order valence-electron chi connectivity index (χ0n) is 19.7. The number of benzene rings is 2. The first-order valence-corrected chi connectivity index (χ1v) is 12.4. The minimum Gasteiger partial charge on any atom is -0.444 e. The number of hydrogen-bond donors (Lipinski definition) is 2. The molecule has 0 saturated carbocycles. The summed E-state index contributed by atoms with van der Waals surface area (Å²) in [6.45, 7) is 5.01. The third-order valence-corrected chi connectivity index (χ3v) is 7.19. The summed E-state index contributed by atoms with van der Waals surface area (Å²) in [5.41, 5.74) is -1.48. The molecule has 0 radical (unpaired) electrons. The van der Waals surface area contributed by atoms with Crippen molar-refractivity contribution < 1.29 is 40.3 Å². The maximum atomic E-state index is 14.6. The van der Waals surface area contributed by atoms with E-state index in [-0.39, 0.29) is 18.7 Å². The molecule has 0 aromatic heterocycles. The lowest BCUT2D eigenvalue weighted by molar-refractivity contribution is 0.0519. The summed E-state index contributed by atoms with van der Waals surface area (Å²) in [6, 6.07) is 2.98. The van der Waals surface area contributed by atoms with Gasteiger partial charge in [0.05, 0.1) is 0 Å². The molecule has 1 aliphatic rings. The number of rotatable bonds is 6. The highest BCUT2D eigenvalue weighted by Crippen LogP contribution is 2.28. The Morgan fingerprint density at radius 1 is 1.06 bits per heavy atom. The highest BCUT2D eigenvalue weighted by molar-refractivity contribution is 7.89. The van der Waals surface area contributed by atoms with Crippen LogP contribution >= 0.6 is 0 Å². The monoisotopic (exact) mass is 531 g/mol. The van der Waals surface area contributed by atoms with Crippen LogP contribution in [0.3, 0.4) is 0 Å². The Hall–Kier alpha value is -3.19. The summed E-state index contributed by atoms with van der Waals surface area (Å²) in [4.78, 5) is 23.7. The minimum absolute atomic E-state index is 0.0625. The van der Waals surface area contributed by atoms with E-state index in [1.54, 1.807) is 20.8 Å². The molecule has 1 atom stereocenters. The van der Waals surface area contributed by atoms with Crippen LogP contribution in [0.25, 0.3) is 0 Å². The second-order valence-corrected chi connectivity index (χ2v) is 11.0.